The summed E-state index contributed by atoms with van der Waals surface area (Å²) in [6.07, 6.45) is 12.3. The third-order valence-electron chi connectivity index (χ3n) is 8.35. The van der Waals surface area contributed by atoms with Crippen molar-refractivity contribution in [2.45, 2.75) is 45.1 Å². The SMILES string of the molecule is CS(=O)(=O)NCc1cc(F)cc(-c2ccnc3nc(-c4n[nH]c5ccc(-c6cncc(NC(=O)CC7CCCCC7)c6)nc45)[nH]c23)c1. The van der Waals surface area contributed by atoms with Gasteiger partial charge in [-0.3, -0.25) is 14.9 Å². The van der Waals surface area contributed by atoms with Gasteiger partial charge in [-0.1, -0.05) is 19.3 Å². The number of aromatic amines is 2. The fourth-order valence-corrected chi connectivity index (χ4v) is 6.55. The van der Waals surface area contributed by atoms with Gasteiger partial charge in [-0.15, -0.1) is 0 Å². The van der Waals surface area contributed by atoms with Crippen LogP contribution < -0.4 is 10.0 Å². The van der Waals surface area contributed by atoms with Crippen molar-refractivity contribution in [3.8, 4) is 33.9 Å². The molecule has 6 aromatic rings. The Morgan fingerprint density at radius 1 is 1.02 bits per heavy atom. The Bertz CT molecular complexity index is 2230. The summed E-state index contributed by atoms with van der Waals surface area (Å²) in [7, 11) is -3.45. The summed E-state index contributed by atoms with van der Waals surface area (Å²) in [5.74, 6) is 0.334. The Morgan fingerprint density at radius 2 is 1.87 bits per heavy atom. The quantitative estimate of drug-likeness (QED) is 0.153. The molecule has 1 saturated carbocycles. The number of benzene rings is 1. The first kappa shape index (κ1) is 30.6. The minimum atomic E-state index is -3.45. The average molecular weight is 654 g/mol. The first-order valence-electron chi connectivity index (χ1n) is 15.4. The number of pyridine rings is 3. The molecule has 0 bridgehead atoms. The molecule has 1 fully saturated rings. The second kappa shape index (κ2) is 12.6. The van der Waals surface area contributed by atoms with Gasteiger partial charge in [0.2, 0.25) is 15.9 Å². The number of hydrogen-bond acceptors (Lipinski definition) is 8. The summed E-state index contributed by atoms with van der Waals surface area (Å²) in [6, 6.07) is 11.7. The molecular weight excluding hydrogens is 621 g/mol. The second-order valence-corrected chi connectivity index (χ2v) is 13.8. The number of halogens is 1. The van der Waals surface area contributed by atoms with Crippen molar-refractivity contribution in [1.29, 1.82) is 0 Å². The van der Waals surface area contributed by atoms with Crippen molar-refractivity contribution in [2.75, 3.05) is 11.6 Å². The van der Waals surface area contributed by atoms with Gasteiger partial charge < -0.3 is 10.3 Å². The summed E-state index contributed by atoms with van der Waals surface area (Å²) in [6.45, 7) is -0.0510. The summed E-state index contributed by atoms with van der Waals surface area (Å²) < 4.78 is 40.2. The number of imidazole rings is 1. The maximum Gasteiger partial charge on any atom is 0.224 e. The zero-order valence-electron chi connectivity index (χ0n) is 25.5. The van der Waals surface area contributed by atoms with Crippen LogP contribution in [0.25, 0.3) is 56.1 Å². The molecule has 0 atom stereocenters. The molecule has 1 aliphatic carbocycles. The molecule has 4 N–H and O–H groups in total. The van der Waals surface area contributed by atoms with Crippen LogP contribution in [0.15, 0.2) is 61.1 Å². The summed E-state index contributed by atoms with van der Waals surface area (Å²) in [5, 5.41) is 10.5. The van der Waals surface area contributed by atoms with E-state index in [4.69, 9.17) is 4.98 Å². The highest BCUT2D eigenvalue weighted by atomic mass is 32.2. The number of nitrogens with zero attached hydrogens (tertiary/aromatic N) is 5. The molecule has 0 radical (unpaired) electrons. The maximum absolute atomic E-state index is 14.6. The number of rotatable bonds is 9. The molecule has 1 aliphatic rings. The van der Waals surface area contributed by atoms with Crippen LogP contribution in [-0.4, -0.2) is 55.7 Å². The summed E-state index contributed by atoms with van der Waals surface area (Å²) in [4.78, 5) is 34.3. The monoisotopic (exact) mass is 653 g/mol. The van der Waals surface area contributed by atoms with Crippen molar-refractivity contribution in [3.05, 3.63) is 72.4 Å². The zero-order valence-corrected chi connectivity index (χ0v) is 26.4. The molecule has 7 rings (SSSR count). The molecule has 14 heteroatoms. The summed E-state index contributed by atoms with van der Waals surface area (Å²) in [5.41, 5.74) is 6.29. The van der Waals surface area contributed by atoms with Crippen LogP contribution in [0, 0.1) is 11.7 Å². The molecule has 1 amide bonds. The molecule has 0 saturated heterocycles. The third kappa shape index (κ3) is 6.88. The van der Waals surface area contributed by atoms with Crippen LogP contribution in [-0.2, 0) is 21.4 Å². The van der Waals surface area contributed by atoms with Crippen molar-refractivity contribution in [1.82, 2.24) is 39.8 Å². The Hall–Kier alpha value is -5.08. The van der Waals surface area contributed by atoms with Gasteiger partial charge in [0.05, 0.1) is 34.9 Å². The lowest BCUT2D eigenvalue weighted by Gasteiger charge is -2.20. The van der Waals surface area contributed by atoms with Gasteiger partial charge in [-0.2, -0.15) is 5.10 Å². The van der Waals surface area contributed by atoms with E-state index in [2.05, 4.69) is 40.2 Å². The maximum atomic E-state index is 14.6. The highest BCUT2D eigenvalue weighted by molar-refractivity contribution is 7.88. The van der Waals surface area contributed by atoms with Crippen molar-refractivity contribution >= 4 is 43.8 Å². The highest BCUT2D eigenvalue weighted by Gasteiger charge is 2.20. The number of carbonyl (C=O) groups is 1. The van der Waals surface area contributed by atoms with E-state index in [9.17, 15) is 17.6 Å². The van der Waals surface area contributed by atoms with Gasteiger partial charge in [0.15, 0.2) is 17.2 Å². The van der Waals surface area contributed by atoms with Crippen LogP contribution in [0.5, 0.6) is 0 Å². The van der Waals surface area contributed by atoms with Gasteiger partial charge >= 0.3 is 0 Å². The van der Waals surface area contributed by atoms with Gasteiger partial charge in [0.1, 0.15) is 11.3 Å². The number of amides is 1. The molecule has 0 unspecified atom stereocenters. The smallest absolute Gasteiger partial charge is 0.224 e. The second-order valence-electron chi connectivity index (χ2n) is 12.0. The van der Waals surface area contributed by atoms with E-state index in [0.717, 1.165) is 24.7 Å². The number of sulfonamides is 1. The highest BCUT2D eigenvalue weighted by Crippen LogP contribution is 2.32. The molecule has 1 aromatic carbocycles. The van der Waals surface area contributed by atoms with Crippen molar-refractivity contribution in [2.24, 2.45) is 5.92 Å². The number of hydrogen-bond donors (Lipinski definition) is 4. The van der Waals surface area contributed by atoms with Gasteiger partial charge in [-0.25, -0.2) is 32.5 Å². The molecule has 47 heavy (non-hydrogen) atoms. The van der Waals surface area contributed by atoms with Gasteiger partial charge in [0, 0.05) is 36.5 Å². The fraction of sp³-hybridized carbons (Fsp3) is 0.273. The molecule has 5 heterocycles. The van der Waals surface area contributed by atoms with E-state index in [-0.39, 0.29) is 12.5 Å². The number of fused-ring (bicyclic) bond motifs is 2. The fourth-order valence-electron chi connectivity index (χ4n) is 6.12. The third-order valence-corrected chi connectivity index (χ3v) is 9.02. The molecule has 0 spiro atoms. The van der Waals surface area contributed by atoms with E-state index in [1.54, 1.807) is 30.7 Å². The number of anilines is 1. The zero-order chi connectivity index (χ0) is 32.5. The van der Waals surface area contributed by atoms with E-state index >= 15 is 0 Å². The lowest BCUT2D eigenvalue weighted by atomic mass is 9.87. The lowest BCUT2D eigenvalue weighted by molar-refractivity contribution is -0.117. The standard InChI is InChI=1S/C33H32FN9O3S/c1-47(45,46)37-16-20-11-21(14-23(34)12-20)25-9-10-36-32-29(25)40-33(41-32)31-30-27(42-43-31)8-7-26(39-30)22-15-24(18-35-17-22)38-28(44)13-19-5-3-2-4-6-19/h7-12,14-15,17-19,37H,2-6,13,16H2,1H3,(H,38,44)(H,42,43)(H,36,40,41). The number of nitrogens with one attached hydrogen (secondary N) is 4. The van der Waals surface area contributed by atoms with E-state index < -0.39 is 15.8 Å². The molecule has 0 aliphatic heterocycles. The Kier molecular flexibility index (Phi) is 8.20. The predicted octanol–water partition coefficient (Wildman–Crippen LogP) is 5.72. The topological polar surface area (TPSA) is 171 Å². The average Bonchev–Trinajstić information content (AvgIpc) is 3.68. The Balaban J connectivity index is 1.18. The molecular formula is C33H32FN9O3S. The van der Waals surface area contributed by atoms with Crippen LogP contribution >= 0.6 is 0 Å². The largest absolute Gasteiger partial charge is 0.335 e. The number of carbonyl (C=O) groups excluding carboxylic acids is 1. The summed E-state index contributed by atoms with van der Waals surface area (Å²) >= 11 is 0. The minimum absolute atomic E-state index is 0.00529. The van der Waals surface area contributed by atoms with E-state index in [0.29, 0.717) is 74.1 Å². The lowest BCUT2D eigenvalue weighted by Crippen LogP contribution is -2.21. The van der Waals surface area contributed by atoms with Crippen molar-refractivity contribution < 1.29 is 17.6 Å². The minimum Gasteiger partial charge on any atom is -0.335 e. The normalized spacial score (nSPS) is 14.2. The van der Waals surface area contributed by atoms with Gasteiger partial charge in [-0.05, 0) is 72.4 Å². The Morgan fingerprint density at radius 3 is 2.70 bits per heavy atom. The van der Waals surface area contributed by atoms with Crippen LogP contribution in [0.4, 0.5) is 10.1 Å². The number of aromatic nitrogens is 7. The van der Waals surface area contributed by atoms with E-state index in [1.807, 2.05) is 18.2 Å². The van der Waals surface area contributed by atoms with Gasteiger partial charge in [0.25, 0.3) is 0 Å². The predicted molar refractivity (Wildman–Crippen MR) is 177 cm³/mol. The Labute approximate surface area is 269 Å². The van der Waals surface area contributed by atoms with Crippen LogP contribution in [0.1, 0.15) is 44.1 Å². The first-order valence-corrected chi connectivity index (χ1v) is 17.3. The number of H-pyrrole nitrogens is 2. The van der Waals surface area contributed by atoms with Crippen LogP contribution in [0.3, 0.4) is 0 Å². The van der Waals surface area contributed by atoms with Crippen molar-refractivity contribution in [3.63, 3.8) is 0 Å². The molecule has 12 nitrogen and oxygen atoms in total. The first-order chi connectivity index (χ1) is 22.7. The molecule has 240 valence electrons. The van der Waals surface area contributed by atoms with Crippen LogP contribution in [0.2, 0.25) is 0 Å². The van der Waals surface area contributed by atoms with E-state index in [1.165, 1.54) is 31.4 Å². The molecule has 5 aromatic heterocycles.